The summed E-state index contributed by atoms with van der Waals surface area (Å²) in [4.78, 5) is 15.3. The van der Waals surface area contributed by atoms with Crippen molar-refractivity contribution in [2.24, 2.45) is 5.92 Å². The summed E-state index contributed by atoms with van der Waals surface area (Å²) >= 11 is 0. The van der Waals surface area contributed by atoms with E-state index in [4.69, 9.17) is 0 Å². The quantitative estimate of drug-likeness (QED) is 0.660. The van der Waals surface area contributed by atoms with E-state index in [1.165, 1.54) is 12.1 Å². The Morgan fingerprint density at radius 3 is 2.64 bits per heavy atom. The number of pyridine rings is 1. The summed E-state index contributed by atoms with van der Waals surface area (Å²) in [6.45, 7) is 0. The van der Waals surface area contributed by atoms with Crippen LogP contribution in [0.15, 0.2) is 46.2 Å². The van der Waals surface area contributed by atoms with Crippen LogP contribution in [0.25, 0.3) is 10.9 Å². The molecule has 4 rings (SSSR count). The van der Waals surface area contributed by atoms with Gasteiger partial charge in [-0.2, -0.15) is 10.4 Å². The monoisotopic (exact) mass is 397 g/mol. The van der Waals surface area contributed by atoms with Gasteiger partial charge in [0, 0.05) is 18.1 Å². The second-order valence-electron chi connectivity index (χ2n) is 7.05. The molecule has 2 N–H and O–H groups in total. The summed E-state index contributed by atoms with van der Waals surface area (Å²) < 4.78 is 25.0. The number of hydrogen-bond acceptors (Lipinski definition) is 6. The van der Waals surface area contributed by atoms with Crippen LogP contribution in [-0.4, -0.2) is 29.4 Å². The fourth-order valence-electron chi connectivity index (χ4n) is 3.39. The highest BCUT2D eigenvalue weighted by Gasteiger charge is 2.34. The molecule has 0 spiro atoms. The van der Waals surface area contributed by atoms with Gasteiger partial charge >= 0.3 is 0 Å². The molecule has 1 saturated carbocycles. The lowest BCUT2D eigenvalue weighted by molar-refractivity contribution is 0.426. The maximum absolute atomic E-state index is 12.5. The Morgan fingerprint density at radius 2 is 2.04 bits per heavy atom. The lowest BCUT2D eigenvalue weighted by atomic mass is 10.1. The van der Waals surface area contributed by atoms with Crippen molar-refractivity contribution in [3.63, 3.8) is 0 Å². The number of aromatic nitrogens is 3. The average molecular weight is 397 g/mol. The number of fused-ring (bicyclic) bond motifs is 1. The highest BCUT2D eigenvalue weighted by Crippen LogP contribution is 2.42. The highest BCUT2D eigenvalue weighted by molar-refractivity contribution is 7.90. The van der Waals surface area contributed by atoms with Gasteiger partial charge in [-0.15, -0.1) is 0 Å². The molecule has 1 fully saturated rings. The zero-order valence-electron chi connectivity index (χ0n) is 15.2. The first-order valence-corrected chi connectivity index (χ1v) is 10.8. The van der Waals surface area contributed by atoms with Crippen LogP contribution in [0.1, 0.15) is 25.3 Å². The van der Waals surface area contributed by atoms with E-state index >= 15 is 0 Å². The van der Waals surface area contributed by atoms with Crippen molar-refractivity contribution in [3.05, 3.63) is 46.9 Å². The third-order valence-corrected chi connectivity index (χ3v) is 6.08. The van der Waals surface area contributed by atoms with Gasteiger partial charge in [-0.3, -0.25) is 9.48 Å². The molecule has 1 aliphatic rings. The number of benzene rings is 1. The number of nitrogens with one attached hydrogen (secondary N) is 2. The smallest absolute Gasteiger partial charge is 0.261 e. The maximum Gasteiger partial charge on any atom is 0.261 e. The summed E-state index contributed by atoms with van der Waals surface area (Å²) in [5.41, 5.74) is 1.02. The standard InChI is InChI=1S/C19H19N5O3S/c1-28(26,27)14-6-4-13(5-7-14)22-18-17-16(9-11-21-19(17)25)24(23-18)15(8-10-20)12-2-3-12/h4-7,9,11-12,15H,2-3,8H2,1H3,(H,21,25)(H,22,23). The van der Waals surface area contributed by atoms with Crippen molar-refractivity contribution < 1.29 is 8.42 Å². The van der Waals surface area contributed by atoms with Crippen molar-refractivity contribution in [1.29, 1.82) is 5.26 Å². The topological polar surface area (TPSA) is 121 Å². The van der Waals surface area contributed by atoms with Gasteiger partial charge in [-0.25, -0.2) is 8.42 Å². The van der Waals surface area contributed by atoms with Crippen molar-refractivity contribution in [1.82, 2.24) is 14.8 Å². The van der Waals surface area contributed by atoms with Gasteiger partial charge < -0.3 is 10.3 Å². The Labute approximate surface area is 161 Å². The van der Waals surface area contributed by atoms with E-state index in [-0.39, 0.29) is 16.5 Å². The third-order valence-electron chi connectivity index (χ3n) is 4.96. The minimum Gasteiger partial charge on any atom is -0.338 e. The second-order valence-corrected chi connectivity index (χ2v) is 9.06. The van der Waals surface area contributed by atoms with E-state index in [1.807, 2.05) is 0 Å². The summed E-state index contributed by atoms with van der Waals surface area (Å²) in [7, 11) is -3.28. The molecule has 1 aliphatic carbocycles. The van der Waals surface area contributed by atoms with Gasteiger partial charge in [-0.1, -0.05) is 0 Å². The Balaban J connectivity index is 1.77. The first kappa shape index (κ1) is 18.3. The van der Waals surface area contributed by atoms with Crippen LogP contribution >= 0.6 is 0 Å². The molecule has 28 heavy (non-hydrogen) atoms. The molecule has 1 unspecified atom stereocenters. The van der Waals surface area contributed by atoms with Gasteiger partial charge in [0.25, 0.3) is 5.56 Å². The van der Waals surface area contributed by atoms with E-state index in [0.29, 0.717) is 34.7 Å². The Kier molecular flexibility index (Phi) is 4.43. The number of hydrogen-bond donors (Lipinski definition) is 2. The lowest BCUT2D eigenvalue weighted by Crippen LogP contribution is -2.13. The molecule has 0 saturated heterocycles. The number of rotatable bonds is 6. The summed E-state index contributed by atoms with van der Waals surface area (Å²) in [6.07, 6.45) is 5.15. The number of aromatic amines is 1. The van der Waals surface area contributed by atoms with E-state index in [2.05, 4.69) is 21.5 Å². The first-order valence-electron chi connectivity index (χ1n) is 8.92. The largest absolute Gasteiger partial charge is 0.338 e. The van der Waals surface area contributed by atoms with Crippen LogP contribution in [0.2, 0.25) is 0 Å². The predicted molar refractivity (Wildman–Crippen MR) is 105 cm³/mol. The highest BCUT2D eigenvalue weighted by atomic mass is 32.2. The van der Waals surface area contributed by atoms with Crippen LogP contribution < -0.4 is 10.9 Å². The SMILES string of the molecule is CS(=O)(=O)c1ccc(Nc2nn(C(CC#N)C3CC3)c3cc[nH]c(=O)c23)cc1. The lowest BCUT2D eigenvalue weighted by Gasteiger charge is -2.14. The minimum atomic E-state index is -3.28. The summed E-state index contributed by atoms with van der Waals surface area (Å²) in [6, 6.07) is 10.2. The fourth-order valence-corrected chi connectivity index (χ4v) is 4.02. The maximum atomic E-state index is 12.5. The molecule has 1 aromatic carbocycles. The number of nitriles is 1. The number of sulfone groups is 1. The molecule has 0 radical (unpaired) electrons. The molecule has 1 atom stereocenters. The molecule has 0 amide bonds. The molecule has 2 aromatic heterocycles. The zero-order chi connectivity index (χ0) is 19.9. The molecular weight excluding hydrogens is 378 g/mol. The van der Waals surface area contributed by atoms with Gasteiger partial charge in [0.2, 0.25) is 0 Å². The molecule has 0 bridgehead atoms. The second kappa shape index (κ2) is 6.80. The number of H-pyrrole nitrogens is 1. The molecular formula is C19H19N5O3S. The molecule has 3 aromatic rings. The van der Waals surface area contributed by atoms with Gasteiger partial charge in [0.15, 0.2) is 15.7 Å². The average Bonchev–Trinajstić information content (AvgIpc) is 3.42. The first-order chi connectivity index (χ1) is 13.4. The van der Waals surface area contributed by atoms with Gasteiger partial charge in [0.1, 0.15) is 5.39 Å². The van der Waals surface area contributed by atoms with E-state index < -0.39 is 9.84 Å². The van der Waals surface area contributed by atoms with Crippen molar-refractivity contribution in [2.45, 2.75) is 30.2 Å². The van der Waals surface area contributed by atoms with E-state index in [9.17, 15) is 18.5 Å². The van der Waals surface area contributed by atoms with Crippen LogP contribution in [-0.2, 0) is 9.84 Å². The van der Waals surface area contributed by atoms with Gasteiger partial charge in [0.05, 0.1) is 28.9 Å². The van der Waals surface area contributed by atoms with E-state index in [0.717, 1.165) is 19.1 Å². The zero-order valence-corrected chi connectivity index (χ0v) is 16.0. The Morgan fingerprint density at radius 1 is 1.32 bits per heavy atom. The predicted octanol–water partition coefficient (Wildman–Crippen LogP) is 2.74. The molecule has 2 heterocycles. The van der Waals surface area contributed by atoms with Crippen LogP contribution in [0.5, 0.6) is 0 Å². The van der Waals surface area contributed by atoms with Gasteiger partial charge in [-0.05, 0) is 49.1 Å². The Hall–Kier alpha value is -3.12. The van der Waals surface area contributed by atoms with Crippen LogP contribution in [0.4, 0.5) is 11.5 Å². The molecule has 144 valence electrons. The third kappa shape index (κ3) is 3.39. The van der Waals surface area contributed by atoms with Crippen LogP contribution in [0.3, 0.4) is 0 Å². The number of anilines is 2. The fraction of sp³-hybridized carbons (Fsp3) is 0.316. The van der Waals surface area contributed by atoms with Crippen molar-refractivity contribution in [3.8, 4) is 6.07 Å². The molecule has 9 heteroatoms. The normalized spacial score (nSPS) is 15.3. The molecule has 0 aliphatic heterocycles. The Bertz CT molecular complexity index is 1230. The minimum absolute atomic E-state index is 0.0718. The molecule has 8 nitrogen and oxygen atoms in total. The summed E-state index contributed by atoms with van der Waals surface area (Å²) in [5, 5.41) is 17.4. The number of nitrogens with zero attached hydrogens (tertiary/aromatic N) is 3. The van der Waals surface area contributed by atoms with E-state index in [1.54, 1.807) is 29.1 Å². The van der Waals surface area contributed by atoms with Crippen molar-refractivity contribution >= 4 is 32.2 Å². The van der Waals surface area contributed by atoms with Crippen LogP contribution in [0, 0.1) is 17.2 Å². The van der Waals surface area contributed by atoms with Crippen molar-refractivity contribution in [2.75, 3.05) is 11.6 Å². The summed E-state index contributed by atoms with van der Waals surface area (Å²) in [5.74, 6) is 0.775.